The smallest absolute Gasteiger partial charge is 0.391 e. The van der Waals surface area contributed by atoms with E-state index in [9.17, 15) is 22.8 Å². The van der Waals surface area contributed by atoms with Gasteiger partial charge in [0, 0.05) is 11.6 Å². The maximum atomic E-state index is 12.9. The molecule has 1 amide bonds. The molecule has 0 bridgehead atoms. The number of carbonyl (C=O) groups is 2. The lowest BCUT2D eigenvalue weighted by atomic mass is 9.85. The Kier molecular flexibility index (Phi) is 6.15. The molecule has 1 saturated carbocycles. The third kappa shape index (κ3) is 5.12. The number of amides is 1. The number of alkyl halides is 3. The minimum atomic E-state index is -4.24. The average Bonchev–Trinajstić information content (AvgIpc) is 2.53. The standard InChI is InChI=1S/C18H22F3NO4/c1-10-6-12(7-11(2)16(10)26-9-15(23)24)17(25)22-14-5-3-4-13(8-14)18(19,20)21/h6-7,13-14H,3-5,8-9H2,1-2H3,(H,22,25)(H,23,24). The van der Waals surface area contributed by atoms with Crippen molar-refractivity contribution in [3.05, 3.63) is 28.8 Å². The summed E-state index contributed by atoms with van der Waals surface area (Å²) in [6.07, 6.45) is -3.29. The van der Waals surface area contributed by atoms with E-state index in [2.05, 4.69) is 5.32 Å². The molecule has 1 aliphatic rings. The van der Waals surface area contributed by atoms with Gasteiger partial charge in [0.05, 0.1) is 5.92 Å². The molecular formula is C18H22F3NO4. The maximum absolute atomic E-state index is 12.9. The molecule has 2 atom stereocenters. The largest absolute Gasteiger partial charge is 0.481 e. The second-order valence-corrected chi connectivity index (χ2v) is 6.70. The fourth-order valence-electron chi connectivity index (χ4n) is 3.33. The second-order valence-electron chi connectivity index (χ2n) is 6.70. The molecule has 1 fully saturated rings. The average molecular weight is 373 g/mol. The molecule has 0 aliphatic heterocycles. The molecule has 0 radical (unpaired) electrons. The van der Waals surface area contributed by atoms with Crippen LogP contribution in [0.3, 0.4) is 0 Å². The van der Waals surface area contributed by atoms with Crippen molar-refractivity contribution in [2.45, 2.75) is 51.7 Å². The summed E-state index contributed by atoms with van der Waals surface area (Å²) >= 11 is 0. The third-order valence-corrected chi connectivity index (χ3v) is 4.53. The number of benzene rings is 1. The molecular weight excluding hydrogens is 351 g/mol. The number of nitrogens with one attached hydrogen (secondary N) is 1. The van der Waals surface area contributed by atoms with Crippen LogP contribution in [0.15, 0.2) is 12.1 Å². The van der Waals surface area contributed by atoms with Crippen LogP contribution in [0.2, 0.25) is 0 Å². The Labute approximate surface area is 149 Å². The Bertz CT molecular complexity index is 664. The normalized spacial score (nSPS) is 20.5. The summed E-state index contributed by atoms with van der Waals surface area (Å²) in [6.45, 7) is 2.87. The van der Waals surface area contributed by atoms with Crippen LogP contribution in [-0.2, 0) is 4.79 Å². The maximum Gasteiger partial charge on any atom is 0.391 e. The summed E-state index contributed by atoms with van der Waals surface area (Å²) in [5.41, 5.74) is 1.50. The highest BCUT2D eigenvalue weighted by atomic mass is 19.4. The van der Waals surface area contributed by atoms with Gasteiger partial charge in [-0.15, -0.1) is 0 Å². The van der Waals surface area contributed by atoms with E-state index in [1.165, 1.54) is 0 Å². The molecule has 1 aromatic carbocycles. The summed E-state index contributed by atoms with van der Waals surface area (Å²) in [5.74, 6) is -2.54. The first-order chi connectivity index (χ1) is 12.1. The first-order valence-corrected chi connectivity index (χ1v) is 8.41. The number of hydrogen-bond donors (Lipinski definition) is 2. The molecule has 2 unspecified atom stereocenters. The molecule has 0 saturated heterocycles. The van der Waals surface area contributed by atoms with Crippen molar-refractivity contribution >= 4 is 11.9 Å². The summed E-state index contributed by atoms with van der Waals surface area (Å²) in [5, 5.41) is 11.4. The predicted octanol–water partition coefficient (Wildman–Crippen LogP) is 3.62. The van der Waals surface area contributed by atoms with Gasteiger partial charge in [0.2, 0.25) is 0 Å². The Morgan fingerprint density at radius 1 is 1.23 bits per heavy atom. The fraction of sp³-hybridized carbons (Fsp3) is 0.556. The quantitative estimate of drug-likeness (QED) is 0.827. The van der Waals surface area contributed by atoms with Crippen LogP contribution in [-0.4, -0.2) is 35.8 Å². The highest BCUT2D eigenvalue weighted by molar-refractivity contribution is 5.95. The minimum Gasteiger partial charge on any atom is -0.481 e. The van der Waals surface area contributed by atoms with Crippen LogP contribution < -0.4 is 10.1 Å². The van der Waals surface area contributed by atoms with Gasteiger partial charge in [-0.05, 0) is 56.4 Å². The van der Waals surface area contributed by atoms with E-state index < -0.39 is 36.6 Å². The number of ether oxygens (including phenoxy) is 1. The van der Waals surface area contributed by atoms with Crippen LogP contribution in [0.4, 0.5) is 13.2 Å². The zero-order valence-corrected chi connectivity index (χ0v) is 14.7. The van der Waals surface area contributed by atoms with Crippen LogP contribution in [0.5, 0.6) is 5.75 Å². The molecule has 1 aliphatic carbocycles. The topological polar surface area (TPSA) is 75.6 Å². The number of aliphatic carboxylic acids is 1. The summed E-state index contributed by atoms with van der Waals surface area (Å²) in [6, 6.07) is 2.58. The van der Waals surface area contributed by atoms with Gasteiger partial charge in [-0.25, -0.2) is 4.79 Å². The van der Waals surface area contributed by atoms with E-state index >= 15 is 0 Å². The Balaban J connectivity index is 2.06. The highest BCUT2D eigenvalue weighted by Gasteiger charge is 2.42. The van der Waals surface area contributed by atoms with E-state index in [0.717, 1.165) is 0 Å². The zero-order valence-electron chi connectivity index (χ0n) is 14.7. The first-order valence-electron chi connectivity index (χ1n) is 8.41. The van der Waals surface area contributed by atoms with Crippen LogP contribution in [0.1, 0.15) is 47.2 Å². The molecule has 0 spiro atoms. The van der Waals surface area contributed by atoms with Gasteiger partial charge < -0.3 is 15.2 Å². The Hall–Kier alpha value is -2.25. The van der Waals surface area contributed by atoms with Gasteiger partial charge in [0.25, 0.3) is 5.91 Å². The Morgan fingerprint density at radius 2 is 1.85 bits per heavy atom. The lowest BCUT2D eigenvalue weighted by molar-refractivity contribution is -0.183. The number of halogens is 3. The number of carboxylic acid groups (broad SMARTS) is 1. The van der Waals surface area contributed by atoms with Gasteiger partial charge in [-0.3, -0.25) is 4.79 Å². The van der Waals surface area contributed by atoms with Crippen LogP contribution in [0, 0.1) is 19.8 Å². The summed E-state index contributed by atoms with van der Waals surface area (Å²) < 4.78 is 43.9. The van der Waals surface area contributed by atoms with Gasteiger partial charge in [0.1, 0.15) is 5.75 Å². The first kappa shape index (κ1) is 20.1. The Morgan fingerprint density at radius 3 is 2.38 bits per heavy atom. The van der Waals surface area contributed by atoms with Gasteiger partial charge in [-0.2, -0.15) is 13.2 Å². The number of carboxylic acids is 1. The molecule has 2 N–H and O–H groups in total. The molecule has 26 heavy (non-hydrogen) atoms. The fourth-order valence-corrected chi connectivity index (χ4v) is 3.33. The number of carbonyl (C=O) groups excluding carboxylic acids is 1. The minimum absolute atomic E-state index is 0.101. The van der Waals surface area contributed by atoms with Crippen LogP contribution >= 0.6 is 0 Å². The molecule has 0 heterocycles. The molecule has 0 aromatic heterocycles. The molecule has 2 rings (SSSR count). The van der Waals surface area contributed by atoms with Gasteiger partial charge in [-0.1, -0.05) is 6.42 Å². The lowest BCUT2D eigenvalue weighted by Gasteiger charge is -2.31. The van der Waals surface area contributed by atoms with Gasteiger partial charge in [0.15, 0.2) is 6.61 Å². The van der Waals surface area contributed by atoms with Crippen molar-refractivity contribution in [1.29, 1.82) is 0 Å². The molecule has 5 nitrogen and oxygen atoms in total. The molecule has 8 heteroatoms. The molecule has 144 valence electrons. The summed E-state index contributed by atoms with van der Waals surface area (Å²) in [4.78, 5) is 23.0. The van der Waals surface area contributed by atoms with Crippen molar-refractivity contribution in [2.75, 3.05) is 6.61 Å². The number of hydrogen-bond acceptors (Lipinski definition) is 3. The summed E-state index contributed by atoms with van der Waals surface area (Å²) in [7, 11) is 0. The number of aryl methyl sites for hydroxylation is 2. The van der Waals surface area contributed by atoms with Crippen molar-refractivity contribution in [3.8, 4) is 5.75 Å². The van der Waals surface area contributed by atoms with Crippen molar-refractivity contribution in [3.63, 3.8) is 0 Å². The second kappa shape index (κ2) is 7.97. The van der Waals surface area contributed by atoms with E-state index in [0.29, 0.717) is 35.3 Å². The number of rotatable bonds is 5. The monoisotopic (exact) mass is 373 g/mol. The van der Waals surface area contributed by atoms with Gasteiger partial charge >= 0.3 is 12.1 Å². The van der Waals surface area contributed by atoms with E-state index in [1.54, 1.807) is 26.0 Å². The van der Waals surface area contributed by atoms with Crippen molar-refractivity contribution in [2.24, 2.45) is 5.92 Å². The third-order valence-electron chi connectivity index (χ3n) is 4.53. The van der Waals surface area contributed by atoms with E-state index in [4.69, 9.17) is 9.84 Å². The highest BCUT2D eigenvalue weighted by Crippen LogP contribution is 2.37. The SMILES string of the molecule is Cc1cc(C(=O)NC2CCCC(C(F)(F)F)C2)cc(C)c1OCC(=O)O. The zero-order chi connectivity index (χ0) is 19.5. The van der Waals surface area contributed by atoms with Crippen molar-refractivity contribution in [1.82, 2.24) is 5.32 Å². The lowest BCUT2D eigenvalue weighted by Crippen LogP contribution is -2.41. The molecule has 1 aromatic rings. The van der Waals surface area contributed by atoms with Crippen LogP contribution in [0.25, 0.3) is 0 Å². The van der Waals surface area contributed by atoms with E-state index in [-0.39, 0.29) is 12.8 Å². The van der Waals surface area contributed by atoms with E-state index in [1.807, 2.05) is 0 Å². The van der Waals surface area contributed by atoms with Crippen molar-refractivity contribution < 1.29 is 32.6 Å². The predicted molar refractivity (Wildman–Crippen MR) is 88.3 cm³/mol.